The lowest BCUT2D eigenvalue weighted by atomic mass is 9.83. The van der Waals surface area contributed by atoms with E-state index in [0.29, 0.717) is 18.5 Å². The molecule has 0 heterocycles. The van der Waals surface area contributed by atoms with Crippen LogP contribution in [0.25, 0.3) is 0 Å². The van der Waals surface area contributed by atoms with E-state index in [1.54, 1.807) is 7.05 Å². The Morgan fingerprint density at radius 3 is 2.47 bits per heavy atom. The van der Waals surface area contributed by atoms with E-state index < -0.39 is 11.6 Å². The van der Waals surface area contributed by atoms with Gasteiger partial charge in [-0.3, -0.25) is 0 Å². The molecule has 1 rings (SSSR count). The molecule has 0 amide bonds. The molecule has 3 N–H and O–H groups in total. The maximum atomic E-state index is 13.7. The van der Waals surface area contributed by atoms with Gasteiger partial charge in [-0.2, -0.15) is 0 Å². The van der Waals surface area contributed by atoms with Crippen LogP contribution in [0, 0.1) is 17.0 Å². The fraction of sp³-hybridized carbons (Fsp3) is 0.538. The van der Waals surface area contributed by atoms with Gasteiger partial charge in [0.1, 0.15) is 11.6 Å². The van der Waals surface area contributed by atoms with Gasteiger partial charge in [0.2, 0.25) is 0 Å². The summed E-state index contributed by atoms with van der Waals surface area (Å²) >= 11 is 0. The number of nitrogens with two attached hydrogens (primary N) is 1. The third-order valence-corrected chi connectivity index (χ3v) is 3.00. The van der Waals surface area contributed by atoms with Crippen LogP contribution >= 0.6 is 0 Å². The monoisotopic (exact) mass is 242 g/mol. The Bertz CT molecular complexity index is 378. The number of hydrogen-bond donors (Lipinski definition) is 2. The van der Waals surface area contributed by atoms with Gasteiger partial charge in [0, 0.05) is 17.7 Å². The minimum absolute atomic E-state index is 0.0888. The molecule has 0 fully saturated rings. The highest BCUT2D eigenvalue weighted by Gasteiger charge is 2.24. The van der Waals surface area contributed by atoms with Crippen LogP contribution in [0.3, 0.4) is 0 Å². The quantitative estimate of drug-likeness (QED) is 0.833. The van der Waals surface area contributed by atoms with E-state index >= 15 is 0 Å². The molecule has 0 spiro atoms. The van der Waals surface area contributed by atoms with Gasteiger partial charge in [0.25, 0.3) is 0 Å². The van der Waals surface area contributed by atoms with Crippen LogP contribution in [0.1, 0.15) is 31.9 Å². The molecule has 1 unspecified atom stereocenters. The van der Waals surface area contributed by atoms with Crippen molar-refractivity contribution in [1.29, 1.82) is 0 Å². The van der Waals surface area contributed by atoms with E-state index in [4.69, 9.17) is 5.73 Å². The van der Waals surface area contributed by atoms with Crippen LogP contribution in [0.5, 0.6) is 0 Å². The Kier molecular flexibility index (Phi) is 4.60. The molecular weight excluding hydrogens is 222 g/mol. The van der Waals surface area contributed by atoms with E-state index in [-0.39, 0.29) is 11.5 Å². The molecule has 1 aromatic rings. The first-order chi connectivity index (χ1) is 7.89. The Hall–Kier alpha value is -1.00. The largest absolute Gasteiger partial charge is 0.330 e. The molecule has 1 atom stereocenters. The number of halogens is 2. The van der Waals surface area contributed by atoms with E-state index in [1.807, 2.05) is 13.8 Å². The smallest absolute Gasteiger partial charge is 0.130 e. The molecule has 0 aliphatic heterocycles. The molecule has 0 aliphatic rings. The Morgan fingerprint density at radius 1 is 1.35 bits per heavy atom. The molecule has 96 valence electrons. The summed E-state index contributed by atoms with van der Waals surface area (Å²) in [5.74, 6) is -1.07. The minimum atomic E-state index is -0.556. The third kappa shape index (κ3) is 3.75. The lowest BCUT2D eigenvalue weighted by Gasteiger charge is -2.28. The normalized spacial score (nSPS) is 13.8. The zero-order valence-electron chi connectivity index (χ0n) is 10.6. The lowest BCUT2D eigenvalue weighted by molar-refractivity contribution is 0.295. The van der Waals surface area contributed by atoms with Gasteiger partial charge in [-0.05, 0) is 31.5 Å². The topological polar surface area (TPSA) is 38.0 Å². The van der Waals surface area contributed by atoms with Crippen molar-refractivity contribution in [1.82, 2.24) is 5.32 Å². The first kappa shape index (κ1) is 14.1. The number of nitrogens with one attached hydrogen (secondary N) is 1. The van der Waals surface area contributed by atoms with Gasteiger partial charge in [-0.25, -0.2) is 8.78 Å². The molecule has 0 aliphatic carbocycles. The third-order valence-electron chi connectivity index (χ3n) is 3.00. The second-order valence-corrected chi connectivity index (χ2v) is 5.08. The molecule has 0 saturated heterocycles. The number of rotatable bonds is 5. The lowest BCUT2D eigenvalue weighted by Crippen LogP contribution is -2.30. The van der Waals surface area contributed by atoms with Crippen LogP contribution in [0.2, 0.25) is 0 Å². The van der Waals surface area contributed by atoms with Crippen molar-refractivity contribution in [3.8, 4) is 0 Å². The first-order valence-electron chi connectivity index (χ1n) is 5.72. The average Bonchev–Trinajstić information content (AvgIpc) is 2.26. The summed E-state index contributed by atoms with van der Waals surface area (Å²) in [5.41, 5.74) is 6.06. The van der Waals surface area contributed by atoms with E-state index in [1.165, 1.54) is 12.1 Å². The van der Waals surface area contributed by atoms with Gasteiger partial charge < -0.3 is 11.1 Å². The van der Waals surface area contributed by atoms with Gasteiger partial charge in [-0.15, -0.1) is 0 Å². The van der Waals surface area contributed by atoms with Crippen LogP contribution in [-0.4, -0.2) is 13.6 Å². The fourth-order valence-electron chi connectivity index (χ4n) is 1.79. The Labute approximate surface area is 101 Å². The van der Waals surface area contributed by atoms with Crippen LogP contribution < -0.4 is 11.1 Å². The molecule has 0 aromatic heterocycles. The van der Waals surface area contributed by atoms with Crippen LogP contribution in [-0.2, 0) is 0 Å². The molecule has 0 saturated carbocycles. The SMILES string of the molecule is CNC(CC(C)(C)CN)c1ccc(F)cc1F. The van der Waals surface area contributed by atoms with E-state index in [9.17, 15) is 8.78 Å². The van der Waals surface area contributed by atoms with Gasteiger partial charge in [-0.1, -0.05) is 19.9 Å². The minimum Gasteiger partial charge on any atom is -0.330 e. The summed E-state index contributed by atoms with van der Waals surface area (Å²) in [6, 6.07) is 3.51. The zero-order valence-corrected chi connectivity index (χ0v) is 10.6. The van der Waals surface area contributed by atoms with Crippen molar-refractivity contribution in [2.24, 2.45) is 11.1 Å². The highest BCUT2D eigenvalue weighted by Crippen LogP contribution is 2.30. The first-order valence-corrected chi connectivity index (χ1v) is 5.72. The summed E-state index contributed by atoms with van der Waals surface area (Å²) < 4.78 is 26.5. The van der Waals surface area contributed by atoms with Crippen molar-refractivity contribution in [2.45, 2.75) is 26.3 Å². The maximum Gasteiger partial charge on any atom is 0.130 e. The maximum absolute atomic E-state index is 13.7. The Balaban J connectivity index is 2.94. The van der Waals surface area contributed by atoms with Crippen molar-refractivity contribution in [2.75, 3.05) is 13.6 Å². The molecule has 4 heteroatoms. The highest BCUT2D eigenvalue weighted by molar-refractivity contribution is 5.22. The van der Waals surface area contributed by atoms with Crippen LogP contribution in [0.4, 0.5) is 8.78 Å². The standard InChI is InChI=1S/C13H20F2N2/c1-13(2,8-16)7-12(17-3)10-5-4-9(14)6-11(10)15/h4-6,12,17H,7-8,16H2,1-3H3. The molecule has 1 aromatic carbocycles. The summed E-state index contributed by atoms with van der Waals surface area (Å²) in [4.78, 5) is 0. The van der Waals surface area contributed by atoms with Crippen molar-refractivity contribution in [3.05, 3.63) is 35.4 Å². The predicted octanol–water partition coefficient (Wildman–Crippen LogP) is 2.60. The predicted molar refractivity (Wildman–Crippen MR) is 65.6 cm³/mol. The van der Waals surface area contributed by atoms with E-state index in [0.717, 1.165) is 6.07 Å². The summed E-state index contributed by atoms with van der Waals surface area (Å²) in [6.07, 6.45) is 0.697. The van der Waals surface area contributed by atoms with Gasteiger partial charge >= 0.3 is 0 Å². The second kappa shape index (κ2) is 5.56. The van der Waals surface area contributed by atoms with Gasteiger partial charge in [0.05, 0.1) is 0 Å². The number of benzene rings is 1. The molecule has 17 heavy (non-hydrogen) atoms. The number of hydrogen-bond acceptors (Lipinski definition) is 2. The Morgan fingerprint density at radius 2 is 2.00 bits per heavy atom. The molecule has 0 radical (unpaired) electrons. The second-order valence-electron chi connectivity index (χ2n) is 5.08. The summed E-state index contributed by atoms with van der Waals surface area (Å²) in [5, 5.41) is 3.05. The van der Waals surface area contributed by atoms with Crippen molar-refractivity contribution < 1.29 is 8.78 Å². The van der Waals surface area contributed by atoms with Crippen molar-refractivity contribution in [3.63, 3.8) is 0 Å². The molecule has 2 nitrogen and oxygen atoms in total. The van der Waals surface area contributed by atoms with Gasteiger partial charge in [0.15, 0.2) is 0 Å². The van der Waals surface area contributed by atoms with E-state index in [2.05, 4.69) is 5.32 Å². The fourth-order valence-corrected chi connectivity index (χ4v) is 1.79. The molecule has 0 bridgehead atoms. The summed E-state index contributed by atoms with van der Waals surface area (Å²) in [7, 11) is 1.76. The van der Waals surface area contributed by atoms with Crippen molar-refractivity contribution >= 4 is 0 Å². The highest BCUT2D eigenvalue weighted by atomic mass is 19.1. The molecular formula is C13H20F2N2. The average molecular weight is 242 g/mol. The summed E-state index contributed by atoms with van der Waals surface area (Å²) in [6.45, 7) is 4.57. The zero-order chi connectivity index (χ0) is 13.1. The van der Waals surface area contributed by atoms with Crippen LogP contribution in [0.15, 0.2) is 18.2 Å².